The van der Waals surface area contributed by atoms with Gasteiger partial charge in [-0.05, 0) is 50.3 Å². The molecule has 2 unspecified atom stereocenters. The Morgan fingerprint density at radius 1 is 1.05 bits per heavy atom. The van der Waals surface area contributed by atoms with Gasteiger partial charge in [-0.2, -0.15) is 0 Å². The van der Waals surface area contributed by atoms with Gasteiger partial charge < -0.3 is 19.8 Å². The molecule has 0 saturated carbocycles. The zero-order valence-electron chi connectivity index (χ0n) is 24.7. The first-order chi connectivity index (χ1) is 20.7. The second-order valence-electron chi connectivity index (χ2n) is 11.9. The van der Waals surface area contributed by atoms with Crippen LogP contribution >= 0.6 is 23.4 Å². The van der Waals surface area contributed by atoms with Crippen molar-refractivity contribution >= 4 is 46.8 Å². The van der Waals surface area contributed by atoms with Gasteiger partial charge in [0.25, 0.3) is 5.91 Å². The number of hydrogen-bond acceptors (Lipinski definition) is 5. The molecule has 3 heterocycles. The molecule has 0 aliphatic carbocycles. The Balaban J connectivity index is 1.56. The van der Waals surface area contributed by atoms with Crippen LogP contribution in [0.15, 0.2) is 79.9 Å². The number of nitrogens with zero attached hydrogens (tertiary/aromatic N) is 3. The van der Waals surface area contributed by atoms with Gasteiger partial charge in [0.2, 0.25) is 11.8 Å². The Hall–Kier alpha value is -3.07. The number of amides is 3. The van der Waals surface area contributed by atoms with Crippen molar-refractivity contribution in [2.75, 3.05) is 31.1 Å². The normalized spacial score (nSPS) is 27.2. The fraction of sp³-hybridized carbons (Fsp3) is 0.441. The van der Waals surface area contributed by atoms with Gasteiger partial charge in [0, 0.05) is 37.5 Å². The maximum Gasteiger partial charge on any atom is 0.251 e. The van der Waals surface area contributed by atoms with Crippen molar-refractivity contribution in [1.29, 1.82) is 0 Å². The van der Waals surface area contributed by atoms with Crippen LogP contribution in [0, 0.1) is 11.8 Å². The largest absolute Gasteiger partial charge is 0.396 e. The molecule has 2 aromatic rings. The monoisotopic (exact) mass is 621 g/mol. The zero-order valence-corrected chi connectivity index (χ0v) is 26.2. The van der Waals surface area contributed by atoms with Crippen LogP contribution in [0.25, 0.3) is 0 Å². The molecule has 1 N–H and O–H groups in total. The number of anilines is 1. The predicted molar refractivity (Wildman–Crippen MR) is 173 cm³/mol. The lowest BCUT2D eigenvalue weighted by molar-refractivity contribution is -0.145. The average molecular weight is 622 g/mol. The highest BCUT2D eigenvalue weighted by Crippen LogP contribution is 2.71. The first-order valence-corrected chi connectivity index (χ1v) is 16.1. The van der Waals surface area contributed by atoms with Crippen LogP contribution < -0.4 is 4.90 Å². The molecule has 5 atom stereocenters. The third kappa shape index (κ3) is 5.54. The van der Waals surface area contributed by atoms with E-state index in [1.165, 1.54) is 0 Å². The summed E-state index contributed by atoms with van der Waals surface area (Å²) in [5.41, 5.74) is 1.57. The summed E-state index contributed by atoms with van der Waals surface area (Å²) in [4.78, 5) is 48.8. The summed E-state index contributed by atoms with van der Waals surface area (Å²) < 4.78 is -1.24. The number of fused-ring (bicyclic) bond motifs is 1. The van der Waals surface area contributed by atoms with Crippen LogP contribution in [0.3, 0.4) is 0 Å². The third-order valence-electron chi connectivity index (χ3n) is 9.18. The summed E-state index contributed by atoms with van der Waals surface area (Å²) in [5, 5.41) is 9.94. The lowest BCUT2D eigenvalue weighted by Crippen LogP contribution is -2.55. The number of benzene rings is 2. The number of para-hydroxylation sites is 1. The minimum Gasteiger partial charge on any atom is -0.396 e. The van der Waals surface area contributed by atoms with Gasteiger partial charge in [-0.25, -0.2) is 0 Å². The van der Waals surface area contributed by atoms with Crippen molar-refractivity contribution in [1.82, 2.24) is 9.80 Å². The van der Waals surface area contributed by atoms with Crippen LogP contribution in [0.4, 0.5) is 5.69 Å². The van der Waals surface area contributed by atoms with Gasteiger partial charge in [-0.3, -0.25) is 14.4 Å². The summed E-state index contributed by atoms with van der Waals surface area (Å²) in [7, 11) is 0. The summed E-state index contributed by atoms with van der Waals surface area (Å²) in [6, 6.07) is 16.2. The van der Waals surface area contributed by atoms with Crippen molar-refractivity contribution in [2.45, 2.75) is 54.7 Å². The molecule has 2 bridgehead atoms. The van der Waals surface area contributed by atoms with Crippen molar-refractivity contribution in [3.63, 3.8) is 0 Å². The molecule has 9 heteroatoms. The zero-order chi connectivity index (χ0) is 30.8. The van der Waals surface area contributed by atoms with E-state index in [1.807, 2.05) is 42.5 Å². The van der Waals surface area contributed by atoms with Crippen LogP contribution in [0.1, 0.15) is 38.2 Å². The fourth-order valence-corrected chi connectivity index (χ4v) is 9.94. The molecule has 2 aromatic carbocycles. The molecular weight excluding hydrogens is 582 g/mol. The Bertz CT molecular complexity index is 1390. The maximum absolute atomic E-state index is 14.7. The number of hydrogen-bond donors (Lipinski definition) is 1. The number of rotatable bonds is 13. The molecule has 0 aromatic heterocycles. The molecule has 3 aliphatic heterocycles. The van der Waals surface area contributed by atoms with E-state index in [2.05, 4.69) is 20.1 Å². The topological polar surface area (TPSA) is 81.2 Å². The molecule has 7 nitrogen and oxygen atoms in total. The highest BCUT2D eigenvalue weighted by Gasteiger charge is 2.77. The minimum atomic E-state index is -0.772. The Morgan fingerprint density at radius 2 is 1.74 bits per heavy atom. The molecule has 3 aliphatic rings. The van der Waals surface area contributed by atoms with E-state index in [4.69, 9.17) is 11.6 Å². The van der Waals surface area contributed by atoms with Crippen molar-refractivity contribution in [3.8, 4) is 0 Å². The molecular formula is C34H40ClN3O4S. The fourth-order valence-electron chi connectivity index (χ4n) is 7.36. The quantitative estimate of drug-likeness (QED) is 0.242. The minimum absolute atomic E-state index is 0.00135. The number of unbranched alkanes of at least 4 members (excludes halogenated alkanes) is 1. The van der Waals surface area contributed by atoms with Crippen molar-refractivity contribution in [3.05, 3.63) is 90.5 Å². The molecule has 3 fully saturated rings. The number of aliphatic hydroxyl groups is 1. The second-order valence-corrected chi connectivity index (χ2v) is 14.2. The highest BCUT2D eigenvalue weighted by atomic mass is 35.5. The van der Waals surface area contributed by atoms with Crippen molar-refractivity contribution < 1.29 is 19.5 Å². The van der Waals surface area contributed by atoms with Crippen LogP contribution in [0.5, 0.6) is 0 Å². The summed E-state index contributed by atoms with van der Waals surface area (Å²) >= 11 is 8.24. The highest BCUT2D eigenvalue weighted by molar-refractivity contribution is 8.02. The third-order valence-corrected chi connectivity index (χ3v) is 11.5. The Kier molecular flexibility index (Phi) is 9.40. The lowest BCUT2D eigenvalue weighted by atomic mass is 9.66. The Labute approximate surface area is 263 Å². The smallest absolute Gasteiger partial charge is 0.251 e. The number of aliphatic hydroxyl groups excluding tert-OH is 1. The molecule has 3 amide bonds. The van der Waals surface area contributed by atoms with E-state index in [1.54, 1.807) is 50.7 Å². The summed E-state index contributed by atoms with van der Waals surface area (Å²) in [5.74, 6) is -1.65. The van der Waals surface area contributed by atoms with E-state index in [0.29, 0.717) is 49.6 Å². The molecule has 1 spiro atoms. The van der Waals surface area contributed by atoms with Crippen molar-refractivity contribution in [2.24, 2.45) is 11.8 Å². The maximum atomic E-state index is 14.7. The van der Waals surface area contributed by atoms with E-state index < -0.39 is 27.4 Å². The first kappa shape index (κ1) is 31.4. The van der Waals surface area contributed by atoms with Gasteiger partial charge in [0.15, 0.2) is 0 Å². The standard InChI is InChI=1S/C34H40ClN3O4S/c1-4-19-36(23-24-13-7-6-8-14-24)30(40)27-28-31(41)38(21-11-12-22-39)29(34(28)18-17-33(27,3)43-34)32(42)37(20-5-2)26-16-10-9-15-25(26)35/h4-10,13-16,27-29,39H,1-2,11-12,17-23H2,3H3/t27-,28+,29?,33+,34?/m1/s1. The molecule has 3 saturated heterocycles. The summed E-state index contributed by atoms with van der Waals surface area (Å²) in [6.45, 7) is 11.2. The number of thioether (sulfide) groups is 1. The van der Waals surface area contributed by atoms with Gasteiger partial charge in [-0.15, -0.1) is 24.9 Å². The predicted octanol–water partition coefficient (Wildman–Crippen LogP) is 5.33. The molecule has 0 radical (unpaired) electrons. The van der Waals surface area contributed by atoms with Gasteiger partial charge in [-0.1, -0.05) is 66.2 Å². The van der Waals surface area contributed by atoms with Gasteiger partial charge in [0.05, 0.1) is 27.3 Å². The van der Waals surface area contributed by atoms with Crippen LogP contribution in [-0.2, 0) is 20.9 Å². The lowest BCUT2D eigenvalue weighted by Gasteiger charge is -2.38. The van der Waals surface area contributed by atoms with Crippen LogP contribution in [0.2, 0.25) is 5.02 Å². The van der Waals surface area contributed by atoms with E-state index in [9.17, 15) is 19.5 Å². The second kappa shape index (κ2) is 12.9. The molecule has 5 rings (SSSR count). The van der Waals surface area contributed by atoms with Gasteiger partial charge >= 0.3 is 0 Å². The van der Waals surface area contributed by atoms with E-state index in [0.717, 1.165) is 12.0 Å². The number of carbonyl (C=O) groups excluding carboxylic acids is 3. The number of halogens is 1. The SMILES string of the molecule is C=CCN(Cc1ccccc1)C(=O)[C@H]1[C@H]2C(=O)N(CCCCO)C(C(=O)N(CC=C)c3ccccc3Cl)C23CC[C@]1(C)S3. The van der Waals surface area contributed by atoms with Gasteiger partial charge in [0.1, 0.15) is 6.04 Å². The molecule has 43 heavy (non-hydrogen) atoms. The number of likely N-dealkylation sites (tertiary alicyclic amines) is 1. The average Bonchev–Trinajstić information content (AvgIpc) is 3.57. The van der Waals surface area contributed by atoms with E-state index >= 15 is 0 Å². The van der Waals surface area contributed by atoms with Crippen LogP contribution in [-0.4, -0.2) is 74.4 Å². The number of carbonyl (C=O) groups is 3. The first-order valence-electron chi connectivity index (χ1n) is 14.9. The molecule has 228 valence electrons. The van der Waals surface area contributed by atoms with E-state index in [-0.39, 0.29) is 30.9 Å². The summed E-state index contributed by atoms with van der Waals surface area (Å²) in [6.07, 6.45) is 5.84. The Morgan fingerprint density at radius 3 is 2.42 bits per heavy atom.